The van der Waals surface area contributed by atoms with Crippen LogP contribution in [0.25, 0.3) is 0 Å². The van der Waals surface area contributed by atoms with Crippen molar-refractivity contribution in [2.24, 2.45) is 0 Å². The molecule has 0 aliphatic rings. The van der Waals surface area contributed by atoms with Gasteiger partial charge in [0.15, 0.2) is 0 Å². The Morgan fingerprint density at radius 2 is 2.06 bits per heavy atom. The van der Waals surface area contributed by atoms with E-state index in [0.29, 0.717) is 11.5 Å². The van der Waals surface area contributed by atoms with Gasteiger partial charge < -0.3 is 11.1 Å². The number of aryl methyl sites for hydroxylation is 1. The Bertz CT molecular complexity index is 544. The topological polar surface area (TPSA) is 83.8 Å². The summed E-state index contributed by atoms with van der Waals surface area (Å²) >= 11 is 0. The third-order valence-corrected chi connectivity index (χ3v) is 2.77. The van der Waals surface area contributed by atoms with Gasteiger partial charge in [0.25, 0.3) is 5.91 Å². The highest BCUT2D eigenvalue weighted by atomic mass is 16.2. The number of nitrogens with two attached hydrogens (primary N) is 1. The van der Waals surface area contributed by atoms with E-state index in [1.54, 1.807) is 0 Å². The lowest BCUT2D eigenvalue weighted by Crippen LogP contribution is -2.26. The van der Waals surface area contributed by atoms with Gasteiger partial charge in [-0.25, -0.2) is 0 Å². The number of aromatic nitrogens is 2. The number of nitrogens with one attached hydrogen (secondary N) is 2. The molecule has 0 spiro atoms. The molecular formula is C13H16N4O. The number of aromatic amines is 1. The molecule has 0 bridgehead atoms. The van der Waals surface area contributed by atoms with Crippen LogP contribution in [0.1, 0.15) is 34.6 Å². The van der Waals surface area contributed by atoms with Crippen LogP contribution in [0.15, 0.2) is 30.3 Å². The maximum absolute atomic E-state index is 11.9. The van der Waals surface area contributed by atoms with E-state index in [1.165, 1.54) is 11.6 Å². The number of carbonyl (C=O) groups excluding carboxylic acids is 1. The largest absolute Gasteiger partial charge is 0.382 e. The number of hydrogen-bond donors (Lipinski definition) is 3. The minimum absolute atomic E-state index is 0.0670. The Balaban J connectivity index is 2.05. The van der Waals surface area contributed by atoms with Crippen molar-refractivity contribution in [3.8, 4) is 0 Å². The predicted octanol–water partition coefficient (Wildman–Crippen LogP) is 1.79. The van der Waals surface area contributed by atoms with Crippen LogP contribution in [0, 0.1) is 6.92 Å². The summed E-state index contributed by atoms with van der Waals surface area (Å²) in [5, 5.41) is 9.18. The third-order valence-electron chi connectivity index (χ3n) is 2.77. The zero-order valence-corrected chi connectivity index (χ0v) is 10.4. The van der Waals surface area contributed by atoms with Gasteiger partial charge in [-0.3, -0.25) is 9.89 Å². The molecule has 1 unspecified atom stereocenters. The zero-order chi connectivity index (χ0) is 13.1. The summed E-state index contributed by atoms with van der Waals surface area (Å²) in [4.78, 5) is 11.9. The number of nitrogens with zero attached hydrogens (tertiary/aromatic N) is 1. The van der Waals surface area contributed by atoms with Crippen molar-refractivity contribution in [3.63, 3.8) is 0 Å². The molecule has 18 heavy (non-hydrogen) atoms. The molecule has 1 aromatic heterocycles. The molecule has 0 aliphatic heterocycles. The van der Waals surface area contributed by atoms with Crippen molar-refractivity contribution < 1.29 is 4.79 Å². The molecule has 1 heterocycles. The molecule has 0 radical (unpaired) electrons. The fourth-order valence-corrected chi connectivity index (χ4v) is 1.67. The maximum atomic E-state index is 11.9. The van der Waals surface area contributed by atoms with Gasteiger partial charge in [-0.15, -0.1) is 0 Å². The molecule has 2 aromatic rings. The van der Waals surface area contributed by atoms with Crippen LogP contribution in [0.5, 0.6) is 0 Å². The lowest BCUT2D eigenvalue weighted by atomic mass is 10.1. The van der Waals surface area contributed by atoms with Crippen LogP contribution in [-0.4, -0.2) is 16.1 Å². The summed E-state index contributed by atoms with van der Waals surface area (Å²) in [7, 11) is 0. The molecular weight excluding hydrogens is 228 g/mol. The number of benzene rings is 1. The number of anilines is 1. The fourth-order valence-electron chi connectivity index (χ4n) is 1.67. The van der Waals surface area contributed by atoms with E-state index >= 15 is 0 Å². The van der Waals surface area contributed by atoms with Crippen LogP contribution in [0.3, 0.4) is 0 Å². The molecule has 5 heteroatoms. The number of nitrogen functional groups attached to an aromatic ring is 1. The minimum Gasteiger partial charge on any atom is -0.382 e. The highest BCUT2D eigenvalue weighted by Gasteiger charge is 2.13. The van der Waals surface area contributed by atoms with Gasteiger partial charge in [0, 0.05) is 6.07 Å². The molecule has 0 saturated heterocycles. The molecule has 0 fully saturated rings. The SMILES string of the molecule is Cc1ccc(C(C)NC(=O)c2cc(N)n[nH]2)cc1. The predicted molar refractivity (Wildman–Crippen MR) is 70.1 cm³/mol. The number of hydrogen-bond acceptors (Lipinski definition) is 3. The number of amides is 1. The van der Waals surface area contributed by atoms with Crippen LogP contribution in [0.4, 0.5) is 5.82 Å². The van der Waals surface area contributed by atoms with Gasteiger partial charge in [0.1, 0.15) is 11.5 Å². The second kappa shape index (κ2) is 4.91. The summed E-state index contributed by atoms with van der Waals surface area (Å²) in [6.45, 7) is 3.96. The molecule has 2 rings (SSSR count). The Morgan fingerprint density at radius 3 is 2.61 bits per heavy atom. The third kappa shape index (κ3) is 2.68. The van der Waals surface area contributed by atoms with E-state index in [9.17, 15) is 4.79 Å². The van der Waals surface area contributed by atoms with Crippen LogP contribution >= 0.6 is 0 Å². The van der Waals surface area contributed by atoms with Crippen molar-refractivity contribution in [3.05, 3.63) is 47.2 Å². The minimum atomic E-state index is -0.215. The second-order valence-electron chi connectivity index (χ2n) is 4.31. The first kappa shape index (κ1) is 12.2. The van der Waals surface area contributed by atoms with Gasteiger partial charge in [-0.05, 0) is 19.4 Å². The van der Waals surface area contributed by atoms with E-state index in [1.807, 2.05) is 38.1 Å². The molecule has 1 amide bonds. The molecule has 5 nitrogen and oxygen atoms in total. The quantitative estimate of drug-likeness (QED) is 0.769. The number of carbonyl (C=O) groups is 1. The van der Waals surface area contributed by atoms with E-state index in [2.05, 4.69) is 15.5 Å². The van der Waals surface area contributed by atoms with E-state index < -0.39 is 0 Å². The Kier molecular flexibility index (Phi) is 3.32. The molecule has 1 atom stereocenters. The average Bonchev–Trinajstić information content (AvgIpc) is 2.76. The van der Waals surface area contributed by atoms with E-state index in [0.717, 1.165) is 5.56 Å². The summed E-state index contributed by atoms with van der Waals surface area (Å²) in [5.41, 5.74) is 8.07. The molecule has 4 N–H and O–H groups in total. The smallest absolute Gasteiger partial charge is 0.269 e. The highest BCUT2D eigenvalue weighted by molar-refractivity contribution is 5.93. The summed E-state index contributed by atoms with van der Waals surface area (Å²) in [6.07, 6.45) is 0. The van der Waals surface area contributed by atoms with Gasteiger partial charge >= 0.3 is 0 Å². The van der Waals surface area contributed by atoms with Crippen molar-refractivity contribution in [2.75, 3.05) is 5.73 Å². The van der Waals surface area contributed by atoms with Crippen LogP contribution in [0.2, 0.25) is 0 Å². The number of H-pyrrole nitrogens is 1. The second-order valence-corrected chi connectivity index (χ2v) is 4.31. The lowest BCUT2D eigenvalue weighted by Gasteiger charge is -2.13. The summed E-state index contributed by atoms with van der Waals surface area (Å²) < 4.78 is 0. The highest BCUT2D eigenvalue weighted by Crippen LogP contribution is 2.13. The molecule has 0 saturated carbocycles. The Morgan fingerprint density at radius 1 is 1.39 bits per heavy atom. The monoisotopic (exact) mass is 244 g/mol. The zero-order valence-electron chi connectivity index (χ0n) is 10.4. The van der Waals surface area contributed by atoms with Gasteiger partial charge in [0.05, 0.1) is 6.04 Å². The van der Waals surface area contributed by atoms with Gasteiger partial charge in [-0.1, -0.05) is 29.8 Å². The van der Waals surface area contributed by atoms with E-state index in [-0.39, 0.29) is 11.9 Å². The van der Waals surface area contributed by atoms with Gasteiger partial charge in [0.2, 0.25) is 0 Å². The lowest BCUT2D eigenvalue weighted by molar-refractivity contribution is 0.0935. The fraction of sp³-hybridized carbons (Fsp3) is 0.231. The molecule has 0 aliphatic carbocycles. The summed E-state index contributed by atoms with van der Waals surface area (Å²) in [6, 6.07) is 9.49. The normalized spacial score (nSPS) is 12.1. The first-order chi connectivity index (χ1) is 8.56. The first-order valence-electron chi connectivity index (χ1n) is 5.74. The number of rotatable bonds is 3. The first-order valence-corrected chi connectivity index (χ1v) is 5.74. The van der Waals surface area contributed by atoms with Crippen LogP contribution < -0.4 is 11.1 Å². The molecule has 1 aromatic carbocycles. The Hall–Kier alpha value is -2.30. The average molecular weight is 244 g/mol. The van der Waals surface area contributed by atoms with Crippen LogP contribution in [-0.2, 0) is 0 Å². The van der Waals surface area contributed by atoms with Gasteiger partial charge in [-0.2, -0.15) is 5.10 Å². The standard InChI is InChI=1S/C13H16N4O/c1-8-3-5-10(6-4-8)9(2)15-13(18)11-7-12(14)17-16-11/h3-7,9H,1-2H3,(H,15,18)(H3,14,16,17). The van der Waals surface area contributed by atoms with Crippen molar-refractivity contribution in [2.45, 2.75) is 19.9 Å². The summed E-state index contributed by atoms with van der Waals surface area (Å²) in [5.74, 6) is 0.0930. The Labute approximate surface area is 105 Å². The van der Waals surface area contributed by atoms with Crippen molar-refractivity contribution in [1.82, 2.24) is 15.5 Å². The van der Waals surface area contributed by atoms with Crippen molar-refractivity contribution >= 4 is 11.7 Å². The maximum Gasteiger partial charge on any atom is 0.269 e. The van der Waals surface area contributed by atoms with E-state index in [4.69, 9.17) is 5.73 Å². The van der Waals surface area contributed by atoms with Crippen molar-refractivity contribution in [1.29, 1.82) is 0 Å². The molecule has 94 valence electrons.